The molecule has 26 heavy (non-hydrogen) atoms. The highest BCUT2D eigenvalue weighted by atomic mass is 35.5. The number of benzene rings is 2. The van der Waals surface area contributed by atoms with E-state index in [0.29, 0.717) is 0 Å². The molecule has 0 radical (unpaired) electrons. The van der Waals surface area contributed by atoms with E-state index >= 15 is 0 Å². The molecule has 2 N–H and O–H groups in total. The van der Waals surface area contributed by atoms with Crippen molar-refractivity contribution >= 4 is 33.2 Å². The largest absolute Gasteiger partial charge is 0.351 e. The number of nitrogens with one attached hydrogen (secondary N) is 2. The van der Waals surface area contributed by atoms with Crippen LogP contribution >= 0.6 is 11.6 Å². The third-order valence-corrected chi connectivity index (χ3v) is 5.15. The molecule has 1 amide bonds. The monoisotopic (exact) mass is 397 g/mol. The molecule has 0 aliphatic carbocycles. The Morgan fingerprint density at radius 3 is 2.42 bits per heavy atom. The van der Waals surface area contributed by atoms with Gasteiger partial charge in [0.2, 0.25) is 10.0 Å². The lowest BCUT2D eigenvalue weighted by Crippen LogP contribution is -2.34. The number of nitro groups is 1. The van der Waals surface area contributed by atoms with Crippen molar-refractivity contribution in [3.05, 3.63) is 68.7 Å². The van der Waals surface area contributed by atoms with Gasteiger partial charge in [-0.25, -0.2) is 13.1 Å². The van der Waals surface area contributed by atoms with Crippen LogP contribution in [0.25, 0.3) is 0 Å². The summed E-state index contributed by atoms with van der Waals surface area (Å²) < 4.78 is 26.6. The SMILES string of the molecule is Cc1ccc(S(=O)(=O)NCCNC(=O)c2cc(Cl)ccc2[N+](=O)[O-])cc1. The van der Waals surface area contributed by atoms with E-state index in [2.05, 4.69) is 10.0 Å². The maximum Gasteiger partial charge on any atom is 0.282 e. The molecule has 0 spiro atoms. The van der Waals surface area contributed by atoms with E-state index in [0.717, 1.165) is 11.6 Å². The van der Waals surface area contributed by atoms with Crippen LogP contribution in [-0.4, -0.2) is 32.3 Å². The number of carbonyl (C=O) groups excluding carboxylic acids is 1. The summed E-state index contributed by atoms with van der Waals surface area (Å²) in [7, 11) is -3.70. The van der Waals surface area contributed by atoms with E-state index in [-0.39, 0.29) is 34.3 Å². The van der Waals surface area contributed by atoms with Crippen LogP contribution in [0.2, 0.25) is 5.02 Å². The van der Waals surface area contributed by atoms with Crippen LogP contribution in [0.1, 0.15) is 15.9 Å². The summed E-state index contributed by atoms with van der Waals surface area (Å²) in [6, 6.07) is 9.94. The van der Waals surface area contributed by atoms with Gasteiger partial charge in [-0.2, -0.15) is 0 Å². The van der Waals surface area contributed by atoms with Gasteiger partial charge in [0.15, 0.2) is 0 Å². The standard InChI is InChI=1S/C16H16ClN3O5S/c1-11-2-5-13(6-3-11)26(24,25)19-9-8-18-16(21)14-10-12(17)4-7-15(14)20(22)23/h2-7,10,19H,8-9H2,1H3,(H,18,21). The predicted molar refractivity (Wildman–Crippen MR) is 96.8 cm³/mol. The summed E-state index contributed by atoms with van der Waals surface area (Å²) in [6.45, 7) is 1.72. The van der Waals surface area contributed by atoms with Gasteiger partial charge < -0.3 is 5.32 Å². The Balaban J connectivity index is 1.96. The fourth-order valence-corrected chi connectivity index (χ4v) is 3.31. The van der Waals surface area contributed by atoms with Crippen LogP contribution in [-0.2, 0) is 10.0 Å². The number of carbonyl (C=O) groups is 1. The summed E-state index contributed by atoms with van der Waals surface area (Å²) in [6.07, 6.45) is 0. The highest BCUT2D eigenvalue weighted by Gasteiger charge is 2.20. The van der Waals surface area contributed by atoms with E-state index in [1.54, 1.807) is 12.1 Å². The van der Waals surface area contributed by atoms with Crippen molar-refractivity contribution in [3.8, 4) is 0 Å². The maximum atomic E-state index is 12.1. The molecule has 138 valence electrons. The molecule has 0 aliphatic rings. The van der Waals surface area contributed by atoms with Crippen molar-refractivity contribution in [1.82, 2.24) is 10.0 Å². The highest BCUT2D eigenvalue weighted by Crippen LogP contribution is 2.22. The average Bonchev–Trinajstić information content (AvgIpc) is 2.58. The third kappa shape index (κ3) is 5.01. The lowest BCUT2D eigenvalue weighted by Gasteiger charge is -2.09. The average molecular weight is 398 g/mol. The van der Waals surface area contributed by atoms with Gasteiger partial charge in [-0.15, -0.1) is 0 Å². The van der Waals surface area contributed by atoms with E-state index in [1.165, 1.54) is 24.3 Å². The second kappa shape index (κ2) is 8.26. The molecule has 0 atom stereocenters. The molecular formula is C16H16ClN3O5S. The first-order valence-electron chi connectivity index (χ1n) is 7.49. The second-order valence-electron chi connectivity index (χ2n) is 5.39. The number of nitrogens with zero attached hydrogens (tertiary/aromatic N) is 1. The quantitative estimate of drug-likeness (QED) is 0.422. The van der Waals surface area contributed by atoms with Gasteiger partial charge in [0, 0.05) is 24.2 Å². The Kier molecular flexibility index (Phi) is 6.30. The number of sulfonamides is 1. The topological polar surface area (TPSA) is 118 Å². The van der Waals surface area contributed by atoms with Crippen LogP contribution in [0.4, 0.5) is 5.69 Å². The molecule has 0 bridgehead atoms. The Hall–Kier alpha value is -2.49. The zero-order valence-corrected chi connectivity index (χ0v) is 15.3. The van der Waals surface area contributed by atoms with Crippen LogP contribution in [0.15, 0.2) is 47.4 Å². The molecule has 2 rings (SSSR count). The van der Waals surface area contributed by atoms with E-state index < -0.39 is 20.9 Å². The van der Waals surface area contributed by atoms with Crippen LogP contribution in [0.3, 0.4) is 0 Å². The first-order valence-corrected chi connectivity index (χ1v) is 9.35. The van der Waals surface area contributed by atoms with Gasteiger partial charge in [-0.3, -0.25) is 14.9 Å². The maximum absolute atomic E-state index is 12.1. The van der Waals surface area contributed by atoms with Crippen LogP contribution in [0, 0.1) is 17.0 Å². The molecule has 2 aromatic rings. The Morgan fingerprint density at radius 2 is 1.81 bits per heavy atom. The van der Waals surface area contributed by atoms with Crippen molar-refractivity contribution in [3.63, 3.8) is 0 Å². The van der Waals surface area contributed by atoms with Crippen LogP contribution in [0.5, 0.6) is 0 Å². The van der Waals surface area contributed by atoms with Gasteiger partial charge in [-0.05, 0) is 31.2 Å². The fraction of sp³-hybridized carbons (Fsp3) is 0.188. The molecule has 2 aromatic carbocycles. The number of amides is 1. The molecular weight excluding hydrogens is 382 g/mol. The molecule has 10 heteroatoms. The first kappa shape index (κ1) is 19.8. The third-order valence-electron chi connectivity index (χ3n) is 3.43. The normalized spacial score (nSPS) is 11.2. The van der Waals surface area contributed by atoms with E-state index in [9.17, 15) is 23.3 Å². The highest BCUT2D eigenvalue weighted by molar-refractivity contribution is 7.89. The first-order chi connectivity index (χ1) is 12.2. The Bertz CT molecular complexity index is 929. The predicted octanol–water partition coefficient (Wildman–Crippen LogP) is 2.26. The molecule has 8 nitrogen and oxygen atoms in total. The van der Waals surface area contributed by atoms with Gasteiger partial charge >= 0.3 is 0 Å². The number of rotatable bonds is 7. The molecule has 0 aromatic heterocycles. The minimum Gasteiger partial charge on any atom is -0.351 e. The van der Waals surface area contributed by atoms with Crippen LogP contribution < -0.4 is 10.0 Å². The number of halogens is 1. The zero-order chi connectivity index (χ0) is 19.3. The summed E-state index contributed by atoms with van der Waals surface area (Å²) >= 11 is 5.77. The molecule has 0 saturated heterocycles. The van der Waals surface area contributed by atoms with Gasteiger partial charge in [0.25, 0.3) is 11.6 Å². The van der Waals surface area contributed by atoms with E-state index in [4.69, 9.17) is 11.6 Å². The number of hydrogen-bond acceptors (Lipinski definition) is 5. The fourth-order valence-electron chi connectivity index (χ4n) is 2.11. The van der Waals surface area contributed by atoms with Crippen molar-refractivity contribution in [2.24, 2.45) is 0 Å². The van der Waals surface area contributed by atoms with E-state index in [1.807, 2.05) is 6.92 Å². The van der Waals surface area contributed by atoms with Crippen molar-refractivity contribution in [2.45, 2.75) is 11.8 Å². The number of aryl methyl sites for hydroxylation is 1. The Labute approximate surface area is 155 Å². The molecule has 0 saturated carbocycles. The minimum atomic E-state index is -3.70. The molecule has 0 unspecified atom stereocenters. The molecule has 0 aliphatic heterocycles. The lowest BCUT2D eigenvalue weighted by molar-refractivity contribution is -0.385. The van der Waals surface area contributed by atoms with Crippen molar-refractivity contribution < 1.29 is 18.1 Å². The summed E-state index contributed by atoms with van der Waals surface area (Å²) in [5.74, 6) is -0.714. The number of hydrogen-bond donors (Lipinski definition) is 2. The van der Waals surface area contributed by atoms with Crippen molar-refractivity contribution in [2.75, 3.05) is 13.1 Å². The molecule has 0 fully saturated rings. The van der Waals surface area contributed by atoms with Gasteiger partial charge in [-0.1, -0.05) is 29.3 Å². The van der Waals surface area contributed by atoms with Crippen molar-refractivity contribution in [1.29, 1.82) is 0 Å². The summed E-state index contributed by atoms with van der Waals surface area (Å²) in [4.78, 5) is 22.5. The summed E-state index contributed by atoms with van der Waals surface area (Å²) in [5, 5.41) is 13.6. The second-order valence-corrected chi connectivity index (χ2v) is 7.59. The minimum absolute atomic E-state index is 0.0480. The smallest absolute Gasteiger partial charge is 0.282 e. The summed E-state index contributed by atoms with van der Waals surface area (Å²) in [5.41, 5.74) is 0.357. The molecule has 0 heterocycles. The zero-order valence-electron chi connectivity index (χ0n) is 13.7. The lowest BCUT2D eigenvalue weighted by atomic mass is 10.1. The number of nitro benzene ring substituents is 1. The van der Waals surface area contributed by atoms with Gasteiger partial charge in [0.1, 0.15) is 5.56 Å². The van der Waals surface area contributed by atoms with Gasteiger partial charge in [0.05, 0.1) is 9.82 Å². The Morgan fingerprint density at radius 1 is 1.15 bits per heavy atom.